The van der Waals surface area contributed by atoms with Crippen LogP contribution in [0.5, 0.6) is 5.75 Å². The average molecular weight is 386 g/mol. The molecule has 0 heterocycles. The van der Waals surface area contributed by atoms with E-state index in [0.29, 0.717) is 9.49 Å². The van der Waals surface area contributed by atoms with Crippen LogP contribution in [0.15, 0.2) is 18.2 Å². The summed E-state index contributed by atoms with van der Waals surface area (Å²) in [5.41, 5.74) is -0.305. The maximum absolute atomic E-state index is 12.8. The molecule has 0 aliphatic heterocycles. The van der Waals surface area contributed by atoms with Crippen molar-refractivity contribution in [3.05, 3.63) is 29.3 Å². The first-order valence-electron chi connectivity index (χ1n) is 6.17. The molecular weight excluding hydrogens is 368 g/mol. The molecule has 0 saturated heterocycles. The third kappa shape index (κ3) is 4.54. The molecule has 19 heavy (non-hydrogen) atoms. The Morgan fingerprint density at radius 2 is 1.79 bits per heavy atom. The minimum atomic E-state index is -4.52. The van der Waals surface area contributed by atoms with E-state index in [-0.39, 0.29) is 11.8 Å². The van der Waals surface area contributed by atoms with Gasteiger partial charge in [0.05, 0.1) is 5.56 Å². The zero-order chi connectivity index (χ0) is 14.8. The quantitative estimate of drug-likeness (QED) is 0.545. The Balaban J connectivity index is 3.18. The molecule has 0 aliphatic rings. The molecule has 0 aliphatic carbocycles. The van der Waals surface area contributed by atoms with Crippen molar-refractivity contribution >= 4 is 22.6 Å². The maximum Gasteiger partial charge on any atom is 0.419 e. The lowest BCUT2D eigenvalue weighted by atomic mass is 9.84. The Morgan fingerprint density at radius 1 is 1.21 bits per heavy atom. The van der Waals surface area contributed by atoms with Crippen LogP contribution in [-0.4, -0.2) is 9.03 Å². The van der Waals surface area contributed by atoms with Gasteiger partial charge in [0, 0.05) is 3.92 Å². The highest BCUT2D eigenvalue weighted by Crippen LogP contribution is 2.39. The lowest BCUT2D eigenvalue weighted by Crippen LogP contribution is -2.13. The summed E-state index contributed by atoms with van der Waals surface area (Å²) in [6.45, 7) is 6.05. The van der Waals surface area contributed by atoms with Gasteiger partial charge < -0.3 is 5.11 Å². The minimum absolute atomic E-state index is 0.0635. The van der Waals surface area contributed by atoms with E-state index >= 15 is 0 Å². The van der Waals surface area contributed by atoms with E-state index in [2.05, 4.69) is 22.6 Å². The number of rotatable bonds is 4. The van der Waals surface area contributed by atoms with Crippen LogP contribution in [0.1, 0.15) is 44.2 Å². The molecule has 0 spiro atoms. The number of benzene rings is 1. The van der Waals surface area contributed by atoms with Gasteiger partial charge in [-0.15, -0.1) is 0 Å². The molecule has 1 aromatic carbocycles. The normalized spacial score (nSPS) is 15.6. The summed E-state index contributed by atoms with van der Waals surface area (Å²) >= 11 is 2.28. The van der Waals surface area contributed by atoms with Crippen LogP contribution >= 0.6 is 22.6 Å². The molecule has 1 N–H and O–H groups in total. The van der Waals surface area contributed by atoms with Crippen molar-refractivity contribution in [1.82, 2.24) is 0 Å². The summed E-state index contributed by atoms with van der Waals surface area (Å²) in [5, 5.41) is 9.35. The van der Waals surface area contributed by atoms with Gasteiger partial charge in [0.1, 0.15) is 5.75 Å². The number of aromatic hydroxyl groups is 1. The number of phenolic OH excluding ortho intramolecular Hbond substituents is 1. The standard InChI is InChI=1S/C14H18F3IO/c1-8(2)11(6-9(3)18)10-4-5-13(19)12(7-10)14(15,16)17/h4-5,7-9,11,19H,6H2,1-3H3. The molecule has 1 rings (SSSR count). The average Bonchev–Trinajstić information content (AvgIpc) is 2.24. The Labute approximate surface area is 125 Å². The van der Waals surface area contributed by atoms with E-state index in [1.807, 2.05) is 20.8 Å². The number of alkyl halides is 4. The zero-order valence-corrected chi connectivity index (χ0v) is 13.3. The van der Waals surface area contributed by atoms with Crippen LogP contribution in [0.25, 0.3) is 0 Å². The van der Waals surface area contributed by atoms with Crippen LogP contribution in [0.4, 0.5) is 13.2 Å². The highest BCUT2D eigenvalue weighted by atomic mass is 127. The Morgan fingerprint density at radius 3 is 2.21 bits per heavy atom. The minimum Gasteiger partial charge on any atom is -0.507 e. The predicted molar refractivity (Wildman–Crippen MR) is 78.8 cm³/mol. The fourth-order valence-electron chi connectivity index (χ4n) is 2.15. The van der Waals surface area contributed by atoms with Crippen molar-refractivity contribution in [1.29, 1.82) is 0 Å². The smallest absolute Gasteiger partial charge is 0.419 e. The van der Waals surface area contributed by atoms with Gasteiger partial charge in [0.15, 0.2) is 0 Å². The topological polar surface area (TPSA) is 20.2 Å². The Hall–Kier alpha value is -0.460. The highest BCUT2D eigenvalue weighted by molar-refractivity contribution is 14.1. The van der Waals surface area contributed by atoms with Crippen LogP contribution in [-0.2, 0) is 6.18 Å². The summed E-state index contributed by atoms with van der Waals surface area (Å²) in [7, 11) is 0. The molecule has 0 aromatic heterocycles. The van der Waals surface area contributed by atoms with Gasteiger partial charge in [-0.1, -0.05) is 49.4 Å². The van der Waals surface area contributed by atoms with E-state index in [0.717, 1.165) is 18.6 Å². The molecule has 5 heteroatoms. The molecular formula is C14H18F3IO. The van der Waals surface area contributed by atoms with Crippen molar-refractivity contribution in [2.24, 2.45) is 5.92 Å². The van der Waals surface area contributed by atoms with Crippen molar-refractivity contribution in [2.45, 2.75) is 43.2 Å². The van der Waals surface area contributed by atoms with E-state index in [9.17, 15) is 18.3 Å². The second-order valence-electron chi connectivity index (χ2n) is 5.14. The molecule has 1 nitrogen and oxygen atoms in total. The van der Waals surface area contributed by atoms with Gasteiger partial charge >= 0.3 is 6.18 Å². The second-order valence-corrected chi connectivity index (χ2v) is 7.27. The summed E-state index contributed by atoms with van der Waals surface area (Å²) in [6, 6.07) is 3.82. The molecule has 0 fully saturated rings. The van der Waals surface area contributed by atoms with Gasteiger partial charge in [0.25, 0.3) is 0 Å². The summed E-state index contributed by atoms with van der Waals surface area (Å²) in [5.74, 6) is -0.391. The first kappa shape index (κ1) is 16.6. The molecule has 1 aromatic rings. The number of hydrogen-bond acceptors (Lipinski definition) is 1. The summed E-state index contributed by atoms with van der Waals surface area (Å²) in [4.78, 5) is 0. The predicted octanol–water partition coefficient (Wildman–Crippen LogP) is 5.36. The van der Waals surface area contributed by atoms with Gasteiger partial charge in [-0.05, 0) is 36.0 Å². The van der Waals surface area contributed by atoms with Gasteiger partial charge in [-0.2, -0.15) is 13.2 Å². The second kappa shape index (κ2) is 6.33. The van der Waals surface area contributed by atoms with E-state index in [4.69, 9.17) is 0 Å². The number of hydrogen-bond donors (Lipinski definition) is 1. The molecule has 108 valence electrons. The van der Waals surface area contributed by atoms with E-state index in [1.165, 1.54) is 0 Å². The van der Waals surface area contributed by atoms with Crippen molar-refractivity contribution in [2.75, 3.05) is 0 Å². The van der Waals surface area contributed by atoms with E-state index in [1.54, 1.807) is 6.07 Å². The lowest BCUT2D eigenvalue weighted by molar-refractivity contribution is -0.138. The van der Waals surface area contributed by atoms with Crippen molar-refractivity contribution < 1.29 is 18.3 Å². The first-order valence-corrected chi connectivity index (χ1v) is 7.41. The van der Waals surface area contributed by atoms with Crippen LogP contribution < -0.4 is 0 Å². The van der Waals surface area contributed by atoms with Crippen LogP contribution in [0.2, 0.25) is 0 Å². The summed E-state index contributed by atoms with van der Waals surface area (Å²) < 4.78 is 38.8. The SMILES string of the molecule is CC(I)CC(c1ccc(O)c(C(F)(F)F)c1)C(C)C. The third-order valence-electron chi connectivity index (χ3n) is 3.14. The third-order valence-corrected chi connectivity index (χ3v) is 3.65. The maximum atomic E-state index is 12.8. The largest absolute Gasteiger partial charge is 0.507 e. The fraction of sp³-hybridized carbons (Fsp3) is 0.571. The van der Waals surface area contributed by atoms with Crippen LogP contribution in [0.3, 0.4) is 0 Å². The highest BCUT2D eigenvalue weighted by Gasteiger charge is 2.34. The summed E-state index contributed by atoms with van der Waals surface area (Å²) in [6.07, 6.45) is -3.70. The molecule has 0 bridgehead atoms. The zero-order valence-electron chi connectivity index (χ0n) is 11.1. The van der Waals surface area contributed by atoms with Gasteiger partial charge in [0.2, 0.25) is 0 Å². The lowest BCUT2D eigenvalue weighted by Gasteiger charge is -2.24. The van der Waals surface area contributed by atoms with Gasteiger partial charge in [-0.3, -0.25) is 0 Å². The number of phenols is 1. The van der Waals surface area contributed by atoms with E-state index < -0.39 is 17.5 Å². The van der Waals surface area contributed by atoms with Crippen molar-refractivity contribution in [3.63, 3.8) is 0 Å². The van der Waals surface area contributed by atoms with Crippen LogP contribution in [0, 0.1) is 5.92 Å². The molecule has 0 amide bonds. The first-order chi connectivity index (χ1) is 8.62. The fourth-order valence-corrected chi connectivity index (χ4v) is 2.70. The van der Waals surface area contributed by atoms with Crippen molar-refractivity contribution in [3.8, 4) is 5.75 Å². The Bertz CT molecular complexity index is 427. The molecule has 0 saturated carbocycles. The number of halogens is 4. The molecule has 0 radical (unpaired) electrons. The molecule has 2 atom stereocenters. The Kier molecular flexibility index (Phi) is 5.53. The monoisotopic (exact) mass is 386 g/mol. The molecule has 2 unspecified atom stereocenters. The van der Waals surface area contributed by atoms with Gasteiger partial charge in [-0.25, -0.2) is 0 Å².